The zero-order valence-corrected chi connectivity index (χ0v) is 10.7. The first-order chi connectivity index (χ1) is 7.93. The molecule has 4 nitrogen and oxygen atoms in total. The van der Waals surface area contributed by atoms with Crippen molar-refractivity contribution in [1.29, 1.82) is 0 Å². The van der Waals surface area contributed by atoms with Gasteiger partial charge in [-0.05, 0) is 39.0 Å². The lowest BCUT2D eigenvalue weighted by Crippen LogP contribution is -2.46. The van der Waals surface area contributed by atoms with Crippen LogP contribution in [0.3, 0.4) is 0 Å². The highest BCUT2D eigenvalue weighted by atomic mass is 16.5. The van der Waals surface area contributed by atoms with E-state index in [1.54, 1.807) is 6.92 Å². The SMILES string of the molecule is CCOC(=O)C(C(C)=O)C1(CC(C)=O)CCC1. The summed E-state index contributed by atoms with van der Waals surface area (Å²) in [6, 6.07) is 0. The van der Waals surface area contributed by atoms with Gasteiger partial charge in [0.25, 0.3) is 0 Å². The third-order valence-electron chi connectivity index (χ3n) is 3.49. The molecule has 96 valence electrons. The average Bonchev–Trinajstić information content (AvgIpc) is 2.13. The molecule has 1 aliphatic carbocycles. The maximum absolute atomic E-state index is 11.9. The number of carbonyl (C=O) groups is 3. The average molecular weight is 240 g/mol. The highest BCUT2D eigenvalue weighted by molar-refractivity contribution is 5.99. The second kappa shape index (κ2) is 5.43. The van der Waals surface area contributed by atoms with Crippen LogP contribution >= 0.6 is 0 Å². The van der Waals surface area contributed by atoms with Gasteiger partial charge in [0, 0.05) is 6.42 Å². The Morgan fingerprint density at radius 1 is 1.24 bits per heavy atom. The summed E-state index contributed by atoms with van der Waals surface area (Å²) in [5, 5.41) is 0. The first kappa shape index (κ1) is 13.9. The Labute approximate surface area is 102 Å². The molecule has 1 fully saturated rings. The molecule has 17 heavy (non-hydrogen) atoms. The number of esters is 1. The monoisotopic (exact) mass is 240 g/mol. The van der Waals surface area contributed by atoms with Gasteiger partial charge < -0.3 is 9.53 Å². The minimum absolute atomic E-state index is 0.0280. The lowest BCUT2D eigenvalue weighted by molar-refractivity contribution is -0.161. The van der Waals surface area contributed by atoms with Crippen molar-refractivity contribution in [2.45, 2.75) is 46.5 Å². The van der Waals surface area contributed by atoms with Crippen LogP contribution in [0.15, 0.2) is 0 Å². The highest BCUT2D eigenvalue weighted by Gasteiger charge is 2.50. The Morgan fingerprint density at radius 3 is 2.12 bits per heavy atom. The van der Waals surface area contributed by atoms with Crippen LogP contribution < -0.4 is 0 Å². The molecule has 1 unspecified atom stereocenters. The van der Waals surface area contributed by atoms with Gasteiger partial charge in [0.2, 0.25) is 0 Å². The predicted molar refractivity (Wildman–Crippen MR) is 62.4 cm³/mol. The first-order valence-corrected chi connectivity index (χ1v) is 6.09. The molecule has 0 radical (unpaired) electrons. The molecule has 0 N–H and O–H groups in total. The van der Waals surface area contributed by atoms with Crippen molar-refractivity contribution >= 4 is 17.5 Å². The quantitative estimate of drug-likeness (QED) is 0.525. The Hall–Kier alpha value is -1.19. The van der Waals surface area contributed by atoms with E-state index in [0.717, 1.165) is 19.3 Å². The zero-order chi connectivity index (χ0) is 13.1. The highest BCUT2D eigenvalue weighted by Crippen LogP contribution is 2.50. The molecule has 1 aliphatic rings. The fourth-order valence-electron chi connectivity index (χ4n) is 2.77. The summed E-state index contributed by atoms with van der Waals surface area (Å²) in [5.74, 6) is -1.40. The van der Waals surface area contributed by atoms with Crippen LogP contribution in [0.25, 0.3) is 0 Å². The number of hydrogen-bond acceptors (Lipinski definition) is 4. The van der Waals surface area contributed by atoms with Crippen molar-refractivity contribution in [3.8, 4) is 0 Å². The number of ketones is 2. The van der Waals surface area contributed by atoms with E-state index in [1.807, 2.05) is 0 Å². The smallest absolute Gasteiger partial charge is 0.317 e. The fraction of sp³-hybridized carbons (Fsp3) is 0.769. The molecule has 0 amide bonds. The number of hydrogen-bond donors (Lipinski definition) is 0. The minimum Gasteiger partial charge on any atom is -0.465 e. The van der Waals surface area contributed by atoms with E-state index < -0.39 is 17.3 Å². The largest absolute Gasteiger partial charge is 0.465 e. The van der Waals surface area contributed by atoms with E-state index in [1.165, 1.54) is 13.8 Å². The van der Waals surface area contributed by atoms with Crippen molar-refractivity contribution in [2.75, 3.05) is 6.61 Å². The van der Waals surface area contributed by atoms with Gasteiger partial charge >= 0.3 is 5.97 Å². The number of Topliss-reactive ketones (excluding diaryl/α,β-unsaturated/α-hetero) is 2. The molecule has 0 saturated heterocycles. The first-order valence-electron chi connectivity index (χ1n) is 6.09. The van der Waals surface area contributed by atoms with Crippen molar-refractivity contribution in [1.82, 2.24) is 0 Å². The van der Waals surface area contributed by atoms with E-state index in [2.05, 4.69) is 0 Å². The van der Waals surface area contributed by atoms with E-state index in [4.69, 9.17) is 4.74 Å². The van der Waals surface area contributed by atoms with Gasteiger partial charge in [-0.25, -0.2) is 0 Å². The molecule has 0 spiro atoms. The molecule has 4 heteroatoms. The zero-order valence-electron chi connectivity index (χ0n) is 10.7. The third-order valence-corrected chi connectivity index (χ3v) is 3.49. The van der Waals surface area contributed by atoms with Gasteiger partial charge in [0.15, 0.2) is 0 Å². The molecule has 1 rings (SSSR count). The standard InChI is InChI=1S/C13H20O4/c1-4-17-12(16)11(10(3)15)13(6-5-7-13)8-9(2)14/h11H,4-8H2,1-3H3. The molecular formula is C13H20O4. The summed E-state index contributed by atoms with van der Waals surface area (Å²) in [4.78, 5) is 34.8. The predicted octanol–water partition coefficient (Wildman–Crippen LogP) is 1.90. The molecular weight excluding hydrogens is 220 g/mol. The van der Waals surface area contributed by atoms with Gasteiger partial charge in [-0.3, -0.25) is 9.59 Å². The molecule has 0 bridgehead atoms. The van der Waals surface area contributed by atoms with Crippen LogP contribution in [-0.2, 0) is 19.1 Å². The number of rotatable bonds is 6. The lowest BCUT2D eigenvalue weighted by Gasteiger charge is -2.45. The van der Waals surface area contributed by atoms with Crippen LogP contribution in [0.4, 0.5) is 0 Å². The summed E-state index contributed by atoms with van der Waals surface area (Å²) < 4.78 is 4.96. The summed E-state index contributed by atoms with van der Waals surface area (Å²) in [6.07, 6.45) is 2.79. The molecule has 0 aromatic rings. The van der Waals surface area contributed by atoms with Crippen LogP contribution in [0.2, 0.25) is 0 Å². The summed E-state index contributed by atoms with van der Waals surface area (Å²) in [6.45, 7) is 4.89. The summed E-state index contributed by atoms with van der Waals surface area (Å²) in [5.41, 5.74) is -0.468. The van der Waals surface area contributed by atoms with Gasteiger partial charge in [0.05, 0.1) is 6.61 Å². The Kier molecular flexibility index (Phi) is 4.43. The minimum atomic E-state index is -0.764. The van der Waals surface area contributed by atoms with Crippen molar-refractivity contribution < 1.29 is 19.1 Å². The van der Waals surface area contributed by atoms with Crippen LogP contribution in [-0.4, -0.2) is 24.1 Å². The lowest BCUT2D eigenvalue weighted by atomic mass is 9.57. The van der Waals surface area contributed by atoms with Crippen molar-refractivity contribution in [2.24, 2.45) is 11.3 Å². The Bertz CT molecular complexity index is 328. The molecule has 0 aromatic heterocycles. The molecule has 1 saturated carbocycles. The van der Waals surface area contributed by atoms with Gasteiger partial charge in [-0.1, -0.05) is 6.42 Å². The topological polar surface area (TPSA) is 60.4 Å². The third kappa shape index (κ3) is 2.93. The van der Waals surface area contributed by atoms with Crippen LogP contribution in [0, 0.1) is 11.3 Å². The van der Waals surface area contributed by atoms with Crippen LogP contribution in [0.1, 0.15) is 46.5 Å². The molecule has 0 aromatic carbocycles. The van der Waals surface area contributed by atoms with Crippen molar-refractivity contribution in [3.05, 3.63) is 0 Å². The number of ether oxygens (including phenoxy) is 1. The maximum atomic E-state index is 11.9. The van der Waals surface area contributed by atoms with Gasteiger partial charge in [-0.15, -0.1) is 0 Å². The molecule has 1 atom stereocenters. The van der Waals surface area contributed by atoms with E-state index in [0.29, 0.717) is 6.42 Å². The van der Waals surface area contributed by atoms with E-state index >= 15 is 0 Å². The second-order valence-electron chi connectivity index (χ2n) is 4.89. The fourth-order valence-corrected chi connectivity index (χ4v) is 2.77. The van der Waals surface area contributed by atoms with E-state index in [9.17, 15) is 14.4 Å². The van der Waals surface area contributed by atoms with Gasteiger partial charge in [0.1, 0.15) is 17.5 Å². The van der Waals surface area contributed by atoms with Crippen LogP contribution in [0.5, 0.6) is 0 Å². The Balaban J connectivity index is 2.91. The summed E-state index contributed by atoms with van der Waals surface area (Å²) >= 11 is 0. The number of carbonyl (C=O) groups excluding carboxylic acids is 3. The van der Waals surface area contributed by atoms with Gasteiger partial charge in [-0.2, -0.15) is 0 Å². The summed E-state index contributed by atoms with van der Waals surface area (Å²) in [7, 11) is 0. The molecule has 0 heterocycles. The second-order valence-corrected chi connectivity index (χ2v) is 4.89. The maximum Gasteiger partial charge on any atom is 0.317 e. The normalized spacial score (nSPS) is 19.0. The van der Waals surface area contributed by atoms with Crippen molar-refractivity contribution in [3.63, 3.8) is 0 Å². The molecule has 0 aliphatic heterocycles. The Morgan fingerprint density at radius 2 is 1.82 bits per heavy atom. The van der Waals surface area contributed by atoms with E-state index in [-0.39, 0.29) is 18.2 Å².